The molecule has 6 heteroatoms. The van der Waals surface area contributed by atoms with Crippen molar-refractivity contribution in [3.8, 4) is 0 Å². The summed E-state index contributed by atoms with van der Waals surface area (Å²) in [5.74, 6) is -0.0619. The number of rotatable bonds is 3. The van der Waals surface area contributed by atoms with Crippen molar-refractivity contribution >= 4 is 11.8 Å². The number of nitrogens with zero attached hydrogens (tertiary/aromatic N) is 2. The number of hydrogen-bond acceptors (Lipinski definition) is 5. The van der Waals surface area contributed by atoms with Gasteiger partial charge in [0.2, 0.25) is 0 Å². The molecule has 1 aliphatic heterocycles. The molecule has 2 heterocycles. The zero-order valence-electron chi connectivity index (χ0n) is 11.6. The number of carboxylic acid groups (broad SMARTS) is 1. The third-order valence-electron chi connectivity index (χ3n) is 4.38. The van der Waals surface area contributed by atoms with E-state index in [1.54, 1.807) is 13.3 Å². The number of carbonyl (C=O) groups is 1. The Kier molecular flexibility index (Phi) is 3.33. The Morgan fingerprint density at radius 3 is 3.05 bits per heavy atom. The monoisotopic (exact) mass is 277 g/mol. The lowest BCUT2D eigenvalue weighted by Gasteiger charge is -2.27. The molecule has 0 amide bonds. The Balaban J connectivity index is 1.86. The van der Waals surface area contributed by atoms with Crippen LogP contribution in [0.25, 0.3) is 0 Å². The quantitative estimate of drug-likeness (QED) is 0.865. The van der Waals surface area contributed by atoms with Crippen LogP contribution >= 0.6 is 0 Å². The molecule has 1 aliphatic carbocycles. The normalized spacial score (nSPS) is 28.9. The van der Waals surface area contributed by atoms with Crippen LogP contribution in [0.2, 0.25) is 0 Å². The fraction of sp³-hybridized carbons (Fsp3) is 0.643. The number of fused-ring (bicyclic) bond motifs is 1. The first-order valence-electron chi connectivity index (χ1n) is 7.01. The molecule has 2 aliphatic rings. The number of aliphatic carboxylic acids is 1. The van der Waals surface area contributed by atoms with E-state index in [1.807, 2.05) is 0 Å². The van der Waals surface area contributed by atoms with Gasteiger partial charge >= 0.3 is 5.97 Å². The average molecular weight is 277 g/mol. The lowest BCUT2D eigenvalue weighted by atomic mass is 9.85. The van der Waals surface area contributed by atoms with Crippen molar-refractivity contribution in [2.24, 2.45) is 5.41 Å². The molecule has 0 spiro atoms. The first kappa shape index (κ1) is 13.3. The topological polar surface area (TPSA) is 84.3 Å². The van der Waals surface area contributed by atoms with Gasteiger partial charge in [0.15, 0.2) is 0 Å². The van der Waals surface area contributed by atoms with Gasteiger partial charge in [-0.15, -0.1) is 0 Å². The number of ether oxygens (including phenoxy) is 1. The lowest BCUT2D eigenvalue weighted by Crippen LogP contribution is -2.43. The molecular weight excluding hydrogens is 258 g/mol. The van der Waals surface area contributed by atoms with Gasteiger partial charge in [0.05, 0.1) is 19.3 Å². The summed E-state index contributed by atoms with van der Waals surface area (Å²) in [5, 5.41) is 12.7. The van der Waals surface area contributed by atoms with Crippen LogP contribution in [0.3, 0.4) is 0 Å². The van der Waals surface area contributed by atoms with Gasteiger partial charge in [0.1, 0.15) is 17.6 Å². The van der Waals surface area contributed by atoms with Crippen LogP contribution in [0.15, 0.2) is 6.33 Å². The van der Waals surface area contributed by atoms with E-state index in [1.165, 1.54) is 0 Å². The number of carboxylic acids is 1. The molecule has 108 valence electrons. The second-order valence-electron chi connectivity index (χ2n) is 5.79. The molecule has 0 radical (unpaired) electrons. The zero-order valence-corrected chi connectivity index (χ0v) is 11.6. The predicted molar refractivity (Wildman–Crippen MR) is 72.6 cm³/mol. The second-order valence-corrected chi connectivity index (χ2v) is 5.79. The molecule has 0 saturated carbocycles. The maximum Gasteiger partial charge on any atom is 0.313 e. The summed E-state index contributed by atoms with van der Waals surface area (Å²) < 4.78 is 5.36. The molecule has 1 fully saturated rings. The van der Waals surface area contributed by atoms with E-state index >= 15 is 0 Å². The molecule has 6 nitrogen and oxygen atoms in total. The van der Waals surface area contributed by atoms with Crippen molar-refractivity contribution in [2.45, 2.75) is 38.6 Å². The Labute approximate surface area is 117 Å². The molecule has 20 heavy (non-hydrogen) atoms. The van der Waals surface area contributed by atoms with Crippen LogP contribution in [0.4, 0.5) is 5.82 Å². The van der Waals surface area contributed by atoms with Gasteiger partial charge in [-0.3, -0.25) is 4.79 Å². The highest BCUT2D eigenvalue weighted by molar-refractivity contribution is 5.76. The number of aryl methyl sites for hydroxylation is 1. The third-order valence-corrected chi connectivity index (χ3v) is 4.38. The standard InChI is InChI=1S/C14H19N3O3/c1-14(13(18)19)7-20-6-11(14)17-12-9-4-2-3-5-10(9)15-8-16-12/h8,11H,2-7H2,1H3,(H,18,19)(H,15,16,17). The second kappa shape index (κ2) is 5.01. The molecule has 1 aromatic rings. The molecule has 1 saturated heterocycles. The molecule has 0 bridgehead atoms. The van der Waals surface area contributed by atoms with Crippen molar-refractivity contribution in [1.29, 1.82) is 0 Å². The largest absolute Gasteiger partial charge is 0.481 e. The van der Waals surface area contributed by atoms with Crippen LogP contribution in [0.5, 0.6) is 0 Å². The zero-order chi connectivity index (χ0) is 14.2. The van der Waals surface area contributed by atoms with E-state index in [0.717, 1.165) is 42.8 Å². The van der Waals surface area contributed by atoms with Crippen molar-refractivity contribution in [3.05, 3.63) is 17.6 Å². The van der Waals surface area contributed by atoms with Crippen molar-refractivity contribution < 1.29 is 14.6 Å². The number of aromatic nitrogens is 2. The van der Waals surface area contributed by atoms with E-state index in [9.17, 15) is 9.90 Å². The SMILES string of the molecule is CC1(C(=O)O)COCC1Nc1ncnc2c1CCCC2. The minimum atomic E-state index is -0.910. The number of anilines is 1. The van der Waals surface area contributed by atoms with E-state index < -0.39 is 11.4 Å². The summed E-state index contributed by atoms with van der Waals surface area (Å²) in [6, 6.07) is -0.263. The van der Waals surface area contributed by atoms with Crippen LogP contribution in [-0.4, -0.2) is 40.3 Å². The third kappa shape index (κ3) is 2.14. The molecule has 1 aromatic heterocycles. The maximum atomic E-state index is 11.5. The first-order chi connectivity index (χ1) is 9.61. The highest BCUT2D eigenvalue weighted by Gasteiger charge is 2.47. The Bertz CT molecular complexity index is 534. The van der Waals surface area contributed by atoms with E-state index in [4.69, 9.17) is 4.74 Å². The van der Waals surface area contributed by atoms with Gasteiger partial charge in [-0.05, 0) is 32.6 Å². The summed E-state index contributed by atoms with van der Waals surface area (Å²) in [6.07, 6.45) is 5.77. The van der Waals surface area contributed by atoms with E-state index in [-0.39, 0.29) is 12.6 Å². The highest BCUT2D eigenvalue weighted by atomic mass is 16.5. The summed E-state index contributed by atoms with van der Waals surface area (Å²) >= 11 is 0. The molecule has 0 aromatic carbocycles. The van der Waals surface area contributed by atoms with Gasteiger partial charge in [-0.25, -0.2) is 9.97 Å². The maximum absolute atomic E-state index is 11.5. The average Bonchev–Trinajstić information content (AvgIpc) is 2.82. The molecule has 2 unspecified atom stereocenters. The van der Waals surface area contributed by atoms with Gasteiger partial charge in [-0.1, -0.05) is 0 Å². The molecule has 2 N–H and O–H groups in total. The summed E-state index contributed by atoms with van der Waals surface area (Å²) in [5.41, 5.74) is 1.31. The lowest BCUT2D eigenvalue weighted by molar-refractivity contribution is -0.148. The van der Waals surface area contributed by atoms with Crippen molar-refractivity contribution in [1.82, 2.24) is 9.97 Å². The summed E-state index contributed by atoms with van der Waals surface area (Å²) in [4.78, 5) is 20.1. The predicted octanol–water partition coefficient (Wildman–Crippen LogP) is 1.26. The molecular formula is C14H19N3O3. The fourth-order valence-corrected chi connectivity index (χ4v) is 2.90. The first-order valence-corrected chi connectivity index (χ1v) is 7.01. The number of nitrogens with one attached hydrogen (secondary N) is 1. The number of hydrogen-bond donors (Lipinski definition) is 2. The van der Waals surface area contributed by atoms with E-state index in [2.05, 4.69) is 15.3 Å². The van der Waals surface area contributed by atoms with Gasteiger partial charge in [-0.2, -0.15) is 0 Å². The Hall–Kier alpha value is -1.69. The highest BCUT2D eigenvalue weighted by Crippen LogP contribution is 2.33. The van der Waals surface area contributed by atoms with E-state index in [0.29, 0.717) is 6.61 Å². The van der Waals surface area contributed by atoms with Crippen molar-refractivity contribution in [3.63, 3.8) is 0 Å². The minimum Gasteiger partial charge on any atom is -0.481 e. The Morgan fingerprint density at radius 1 is 1.45 bits per heavy atom. The fourth-order valence-electron chi connectivity index (χ4n) is 2.90. The minimum absolute atomic E-state index is 0.229. The molecule has 2 atom stereocenters. The van der Waals surface area contributed by atoms with Gasteiger partial charge < -0.3 is 15.2 Å². The summed E-state index contributed by atoms with van der Waals surface area (Å²) in [6.45, 7) is 2.34. The Morgan fingerprint density at radius 2 is 2.25 bits per heavy atom. The summed E-state index contributed by atoms with van der Waals surface area (Å²) in [7, 11) is 0. The molecule has 3 rings (SSSR count). The van der Waals surface area contributed by atoms with Crippen LogP contribution in [-0.2, 0) is 22.4 Å². The van der Waals surface area contributed by atoms with Crippen LogP contribution in [0, 0.1) is 5.41 Å². The smallest absolute Gasteiger partial charge is 0.313 e. The van der Waals surface area contributed by atoms with Gasteiger partial charge in [0.25, 0.3) is 0 Å². The van der Waals surface area contributed by atoms with Crippen molar-refractivity contribution in [2.75, 3.05) is 18.5 Å². The van der Waals surface area contributed by atoms with Crippen LogP contribution in [0.1, 0.15) is 31.0 Å². The van der Waals surface area contributed by atoms with Crippen LogP contribution < -0.4 is 5.32 Å². The van der Waals surface area contributed by atoms with Gasteiger partial charge in [0, 0.05) is 11.3 Å².